The smallest absolute Gasteiger partial charge is 0.251 e. The van der Waals surface area contributed by atoms with Crippen molar-refractivity contribution in [1.82, 2.24) is 5.32 Å². The van der Waals surface area contributed by atoms with E-state index in [1.165, 1.54) is 6.42 Å². The zero-order valence-electron chi connectivity index (χ0n) is 19.3. The molecule has 2 aliphatic carbocycles. The highest BCUT2D eigenvalue weighted by Gasteiger charge is 2.37. The van der Waals surface area contributed by atoms with Crippen molar-refractivity contribution in [3.8, 4) is 11.5 Å². The van der Waals surface area contributed by atoms with Crippen LogP contribution in [0.5, 0.6) is 11.5 Å². The Morgan fingerprint density at radius 1 is 1.12 bits per heavy atom. The summed E-state index contributed by atoms with van der Waals surface area (Å²) in [5.41, 5.74) is 4.73. The zero-order valence-corrected chi connectivity index (χ0v) is 19.3. The third-order valence-corrected chi connectivity index (χ3v) is 7.23. The Morgan fingerprint density at radius 2 is 1.91 bits per heavy atom. The quantitative estimate of drug-likeness (QED) is 0.693. The lowest BCUT2D eigenvalue weighted by Crippen LogP contribution is -2.39. The first-order valence-corrected chi connectivity index (χ1v) is 12.1. The van der Waals surface area contributed by atoms with Gasteiger partial charge in [-0.2, -0.15) is 0 Å². The summed E-state index contributed by atoms with van der Waals surface area (Å²) in [4.78, 5) is 17.7. The van der Waals surface area contributed by atoms with Gasteiger partial charge < -0.3 is 19.9 Å². The van der Waals surface area contributed by atoms with Crippen LogP contribution in [-0.2, 0) is 0 Å². The Kier molecular flexibility index (Phi) is 6.11. The molecule has 2 saturated carbocycles. The van der Waals surface area contributed by atoms with Gasteiger partial charge in [0.25, 0.3) is 5.91 Å². The maximum absolute atomic E-state index is 12.5. The average molecular weight is 449 g/mol. The van der Waals surface area contributed by atoms with Gasteiger partial charge in [-0.3, -0.25) is 9.79 Å². The lowest BCUT2D eigenvalue weighted by molar-refractivity contribution is 0.0917. The van der Waals surface area contributed by atoms with Crippen molar-refractivity contribution in [2.24, 2.45) is 4.99 Å². The Bertz CT molecular complexity index is 1060. The van der Waals surface area contributed by atoms with E-state index in [2.05, 4.69) is 11.4 Å². The molecule has 0 saturated heterocycles. The molecule has 0 unspecified atom stereocenters. The number of nitrogens with one attached hydrogen (secondary N) is 1. The standard InChI is InChI=1S/C27H32N2O4/c1-3-33-25-14-20-21-13-19(30)11-12-23(21)29-26(22(20)15-24(25)32-2)16-7-9-17(10-8-16)27(31)28-18-5-4-6-18/h7-10,14-15,18-19,21,23,30H,3-6,11-13H2,1-2H3,(H,28,31)/t19-,21-,23-/m1/s1. The van der Waals surface area contributed by atoms with E-state index >= 15 is 0 Å². The van der Waals surface area contributed by atoms with Crippen molar-refractivity contribution in [2.75, 3.05) is 13.7 Å². The number of methoxy groups -OCH3 is 1. The number of hydrogen-bond donors (Lipinski definition) is 2. The molecule has 5 rings (SSSR count). The van der Waals surface area contributed by atoms with Crippen LogP contribution in [0.2, 0.25) is 0 Å². The molecule has 1 amide bonds. The molecule has 2 N–H and O–H groups in total. The number of rotatable bonds is 6. The largest absolute Gasteiger partial charge is 0.493 e. The van der Waals surface area contributed by atoms with Crippen LogP contribution in [0.4, 0.5) is 0 Å². The van der Waals surface area contributed by atoms with Gasteiger partial charge in [0.1, 0.15) is 0 Å². The highest BCUT2D eigenvalue weighted by Crippen LogP contribution is 2.45. The second kappa shape index (κ2) is 9.18. The number of carbonyl (C=O) groups is 1. The molecule has 1 heterocycles. The molecule has 2 aromatic rings. The second-order valence-corrected chi connectivity index (χ2v) is 9.32. The SMILES string of the molecule is CCOc1cc2c(cc1OC)C(c1ccc(C(=O)NC3CCC3)cc1)=N[C@@H]1CC[C@@H](O)C[C@H]21. The molecule has 6 nitrogen and oxygen atoms in total. The fraction of sp³-hybridized carbons (Fsp3) is 0.481. The first-order valence-electron chi connectivity index (χ1n) is 12.1. The molecular formula is C27H32N2O4. The second-order valence-electron chi connectivity index (χ2n) is 9.32. The molecule has 2 fully saturated rings. The number of aliphatic hydroxyl groups excluding tert-OH is 1. The third-order valence-electron chi connectivity index (χ3n) is 7.23. The Balaban J connectivity index is 1.51. The molecule has 0 spiro atoms. The summed E-state index contributed by atoms with van der Waals surface area (Å²) in [6.07, 6.45) is 5.35. The maximum atomic E-state index is 12.5. The summed E-state index contributed by atoms with van der Waals surface area (Å²) in [6, 6.07) is 12.3. The summed E-state index contributed by atoms with van der Waals surface area (Å²) >= 11 is 0. The number of hydrogen-bond acceptors (Lipinski definition) is 5. The van der Waals surface area contributed by atoms with Crippen LogP contribution < -0.4 is 14.8 Å². The molecule has 3 aliphatic rings. The van der Waals surface area contributed by atoms with Gasteiger partial charge in [0.05, 0.1) is 31.6 Å². The number of carbonyl (C=O) groups excluding carboxylic acids is 1. The normalized spacial score (nSPS) is 24.1. The number of aliphatic hydroxyl groups is 1. The third kappa shape index (κ3) is 4.24. The molecule has 174 valence electrons. The molecule has 1 aliphatic heterocycles. The highest BCUT2D eigenvalue weighted by molar-refractivity contribution is 6.15. The predicted molar refractivity (Wildman–Crippen MR) is 128 cm³/mol. The van der Waals surface area contributed by atoms with Crippen molar-refractivity contribution >= 4 is 11.6 Å². The van der Waals surface area contributed by atoms with Gasteiger partial charge in [0.15, 0.2) is 11.5 Å². The topological polar surface area (TPSA) is 80.2 Å². The maximum Gasteiger partial charge on any atom is 0.251 e. The van der Waals surface area contributed by atoms with Gasteiger partial charge in [-0.25, -0.2) is 0 Å². The van der Waals surface area contributed by atoms with Gasteiger partial charge in [-0.05, 0) is 75.3 Å². The summed E-state index contributed by atoms with van der Waals surface area (Å²) in [5.74, 6) is 1.54. The lowest BCUT2D eigenvalue weighted by Gasteiger charge is -2.37. The summed E-state index contributed by atoms with van der Waals surface area (Å²) in [7, 11) is 1.65. The van der Waals surface area contributed by atoms with Crippen LogP contribution in [0.3, 0.4) is 0 Å². The van der Waals surface area contributed by atoms with Gasteiger partial charge in [-0.1, -0.05) is 12.1 Å². The number of amides is 1. The Labute approximate surface area is 195 Å². The van der Waals surface area contributed by atoms with Crippen LogP contribution in [-0.4, -0.2) is 48.6 Å². The summed E-state index contributed by atoms with van der Waals surface area (Å²) in [5, 5.41) is 13.5. The molecule has 0 aromatic heterocycles. The molecule has 2 aromatic carbocycles. The molecule has 33 heavy (non-hydrogen) atoms. The van der Waals surface area contributed by atoms with E-state index in [0.717, 1.165) is 53.8 Å². The number of aliphatic imine (C=N–C) groups is 1. The van der Waals surface area contributed by atoms with E-state index in [0.29, 0.717) is 30.4 Å². The van der Waals surface area contributed by atoms with Crippen molar-refractivity contribution in [2.45, 2.75) is 69.6 Å². The molecule has 0 bridgehead atoms. The van der Waals surface area contributed by atoms with Crippen LogP contribution in [0, 0.1) is 0 Å². The molecule has 3 atom stereocenters. The first kappa shape index (κ1) is 22.0. The van der Waals surface area contributed by atoms with Crippen LogP contribution in [0.1, 0.15) is 78.4 Å². The minimum Gasteiger partial charge on any atom is -0.493 e. The molecular weight excluding hydrogens is 416 g/mol. The summed E-state index contributed by atoms with van der Waals surface area (Å²) < 4.78 is 11.5. The van der Waals surface area contributed by atoms with E-state index in [1.807, 2.05) is 37.3 Å². The van der Waals surface area contributed by atoms with E-state index in [-0.39, 0.29) is 24.0 Å². The number of ether oxygens (including phenoxy) is 2. The minimum atomic E-state index is -0.304. The first-order chi connectivity index (χ1) is 16.1. The monoisotopic (exact) mass is 448 g/mol. The van der Waals surface area contributed by atoms with E-state index in [4.69, 9.17) is 14.5 Å². The van der Waals surface area contributed by atoms with E-state index in [9.17, 15) is 9.90 Å². The fourth-order valence-electron chi connectivity index (χ4n) is 5.20. The molecule has 0 radical (unpaired) electrons. The Hall–Kier alpha value is -2.86. The van der Waals surface area contributed by atoms with Crippen LogP contribution in [0.15, 0.2) is 41.4 Å². The number of nitrogens with zero attached hydrogens (tertiary/aromatic N) is 1. The Morgan fingerprint density at radius 3 is 2.58 bits per heavy atom. The van der Waals surface area contributed by atoms with Crippen molar-refractivity contribution < 1.29 is 19.4 Å². The van der Waals surface area contributed by atoms with Crippen molar-refractivity contribution in [3.05, 3.63) is 58.7 Å². The van der Waals surface area contributed by atoms with Crippen molar-refractivity contribution in [1.29, 1.82) is 0 Å². The van der Waals surface area contributed by atoms with E-state index < -0.39 is 0 Å². The summed E-state index contributed by atoms with van der Waals surface area (Å²) in [6.45, 7) is 2.51. The number of benzene rings is 2. The van der Waals surface area contributed by atoms with Gasteiger partial charge in [0.2, 0.25) is 0 Å². The van der Waals surface area contributed by atoms with Crippen molar-refractivity contribution in [3.63, 3.8) is 0 Å². The number of fused-ring (bicyclic) bond motifs is 3. The fourth-order valence-corrected chi connectivity index (χ4v) is 5.20. The van der Waals surface area contributed by atoms with E-state index in [1.54, 1.807) is 7.11 Å². The highest BCUT2D eigenvalue weighted by atomic mass is 16.5. The van der Waals surface area contributed by atoms with Crippen LogP contribution in [0.25, 0.3) is 0 Å². The van der Waals surface area contributed by atoms with Gasteiger partial charge >= 0.3 is 0 Å². The lowest BCUT2D eigenvalue weighted by atomic mass is 9.74. The van der Waals surface area contributed by atoms with Gasteiger partial charge in [0, 0.05) is 28.7 Å². The molecule has 6 heteroatoms. The van der Waals surface area contributed by atoms with Crippen LogP contribution >= 0.6 is 0 Å². The predicted octanol–water partition coefficient (Wildman–Crippen LogP) is 4.22. The van der Waals surface area contributed by atoms with Gasteiger partial charge in [-0.15, -0.1) is 0 Å². The zero-order chi connectivity index (χ0) is 22.9. The average Bonchev–Trinajstić information content (AvgIpc) is 2.81. The minimum absolute atomic E-state index is 0.0124.